The van der Waals surface area contributed by atoms with Crippen LogP contribution in [0.3, 0.4) is 0 Å². The summed E-state index contributed by atoms with van der Waals surface area (Å²) in [6.45, 7) is 8.41. The first kappa shape index (κ1) is 26.9. The predicted molar refractivity (Wildman–Crippen MR) is 146 cm³/mol. The Kier molecular flexibility index (Phi) is 7.08. The average Bonchev–Trinajstić information content (AvgIpc) is 3.46. The van der Waals surface area contributed by atoms with Gasteiger partial charge in [-0.2, -0.15) is 8.42 Å². The molecule has 7 unspecified atom stereocenters. The smallest absolute Gasteiger partial charge is 0.285 e. The number of sulfonamides is 1. The number of carbonyl (C=O) groups excluding carboxylic acids is 2. The van der Waals surface area contributed by atoms with E-state index in [0.717, 1.165) is 38.9 Å². The number of piperazine rings is 1. The third kappa shape index (κ3) is 4.52. The minimum atomic E-state index is -3.63. The lowest BCUT2D eigenvalue weighted by Crippen LogP contribution is -2.51. The maximum atomic E-state index is 13.4. The summed E-state index contributed by atoms with van der Waals surface area (Å²) in [5.74, 6) is 0.0878. The normalized spacial score (nSPS) is 36.3. The second-order valence-electron chi connectivity index (χ2n) is 12.2. The topological polar surface area (TPSA) is 111 Å². The molecule has 1 N–H and O–H groups in total. The van der Waals surface area contributed by atoms with Gasteiger partial charge in [-0.25, -0.2) is 0 Å². The van der Waals surface area contributed by atoms with E-state index < -0.39 is 16.1 Å². The molecule has 2 saturated carbocycles. The molecule has 0 radical (unpaired) electrons. The fourth-order valence-corrected chi connectivity index (χ4v) is 9.28. The highest BCUT2D eigenvalue weighted by Crippen LogP contribution is 2.49. The zero-order chi connectivity index (χ0) is 27.5. The Balaban J connectivity index is 1.09. The number of aliphatic hydroxyl groups excluding tert-OH is 1. The lowest BCUT2D eigenvalue weighted by Gasteiger charge is -2.41. The van der Waals surface area contributed by atoms with Crippen molar-refractivity contribution in [2.24, 2.45) is 39.9 Å². The molecule has 2 amide bonds. The molecule has 9 nitrogen and oxygen atoms in total. The monoisotopic (exact) mass is 556 g/mol. The fraction of sp³-hybridized carbons (Fsp3) is 0.690. The summed E-state index contributed by atoms with van der Waals surface area (Å²) in [4.78, 5) is 33.2. The Morgan fingerprint density at radius 1 is 0.949 bits per heavy atom. The van der Waals surface area contributed by atoms with Crippen LogP contribution in [0.2, 0.25) is 0 Å². The molecule has 1 aromatic carbocycles. The van der Waals surface area contributed by atoms with Gasteiger partial charge in [0.15, 0.2) is 5.84 Å². The zero-order valence-corrected chi connectivity index (χ0v) is 23.7. The fourth-order valence-electron chi connectivity index (χ4n) is 8.06. The number of nitrogens with zero attached hydrogens (tertiary/aromatic N) is 4. The van der Waals surface area contributed by atoms with Crippen molar-refractivity contribution in [2.45, 2.75) is 57.0 Å². The van der Waals surface area contributed by atoms with Crippen molar-refractivity contribution in [3.63, 3.8) is 0 Å². The molecule has 0 aromatic heterocycles. The number of likely N-dealkylation sites (tertiary alicyclic amines) is 1. The van der Waals surface area contributed by atoms with Crippen LogP contribution < -0.4 is 0 Å². The van der Waals surface area contributed by atoms with Crippen molar-refractivity contribution in [2.75, 3.05) is 39.3 Å². The summed E-state index contributed by atoms with van der Waals surface area (Å²) in [5.41, 5.74) is 0.690. The SMILES string of the molecule is CCC1C(O)C(C)C2C(=O)N(CC3CCCCC3CN3CCN(C4=NS(=O)(=O)c5ccccc54)CC3)C(=O)C12. The van der Waals surface area contributed by atoms with Gasteiger partial charge in [0.1, 0.15) is 4.90 Å². The Bertz CT molecular complexity index is 1270. The van der Waals surface area contributed by atoms with Gasteiger partial charge in [0.2, 0.25) is 11.8 Å². The third-order valence-corrected chi connectivity index (χ3v) is 11.6. The van der Waals surface area contributed by atoms with Crippen LogP contribution in [0, 0.1) is 35.5 Å². The van der Waals surface area contributed by atoms with Crippen molar-refractivity contribution in [3.05, 3.63) is 29.8 Å². The maximum absolute atomic E-state index is 13.4. The molecule has 6 rings (SSSR count). The summed E-state index contributed by atoms with van der Waals surface area (Å²) < 4.78 is 29.1. The summed E-state index contributed by atoms with van der Waals surface area (Å²) in [6.07, 6.45) is 4.54. The maximum Gasteiger partial charge on any atom is 0.285 e. The molecule has 39 heavy (non-hydrogen) atoms. The van der Waals surface area contributed by atoms with Gasteiger partial charge in [-0.3, -0.25) is 19.4 Å². The number of benzene rings is 1. The first-order chi connectivity index (χ1) is 18.7. The third-order valence-electron chi connectivity index (χ3n) is 10.2. The van der Waals surface area contributed by atoms with Crippen LogP contribution in [0.5, 0.6) is 0 Å². The molecule has 0 bridgehead atoms. The van der Waals surface area contributed by atoms with Crippen LogP contribution in [0.25, 0.3) is 0 Å². The Morgan fingerprint density at radius 2 is 1.59 bits per heavy atom. The van der Waals surface area contributed by atoms with Gasteiger partial charge in [-0.15, -0.1) is 4.40 Å². The number of hydrogen-bond acceptors (Lipinski definition) is 7. The van der Waals surface area contributed by atoms with E-state index in [1.807, 2.05) is 26.0 Å². The van der Waals surface area contributed by atoms with E-state index in [1.165, 1.54) is 6.42 Å². The molecule has 7 atom stereocenters. The van der Waals surface area contributed by atoms with E-state index >= 15 is 0 Å². The number of amidine groups is 1. The van der Waals surface area contributed by atoms with Crippen LogP contribution in [-0.4, -0.2) is 91.2 Å². The Labute approximate surface area is 231 Å². The standard InChI is InChI=1S/C29H40N4O5S/c1-3-21-25-24(18(2)26(21)34)28(35)33(29(25)36)17-20-9-5-4-8-19(20)16-31-12-14-32(15-13-31)27-22-10-6-7-11-23(22)39(37,38)30-27/h6-7,10-11,18-21,24-26,34H,3-5,8-9,12-17H2,1-2H3. The molecule has 2 aliphatic carbocycles. The van der Waals surface area contributed by atoms with E-state index in [1.54, 1.807) is 17.0 Å². The van der Waals surface area contributed by atoms with E-state index in [4.69, 9.17) is 0 Å². The summed E-state index contributed by atoms with van der Waals surface area (Å²) in [6, 6.07) is 7.03. The molecule has 10 heteroatoms. The second-order valence-corrected chi connectivity index (χ2v) is 13.8. The Hall–Kier alpha value is -2.30. The predicted octanol–water partition coefficient (Wildman–Crippen LogP) is 2.20. The van der Waals surface area contributed by atoms with E-state index in [0.29, 0.717) is 49.3 Å². The van der Waals surface area contributed by atoms with Crippen molar-refractivity contribution in [1.82, 2.24) is 14.7 Å². The van der Waals surface area contributed by atoms with Crippen LogP contribution >= 0.6 is 0 Å². The van der Waals surface area contributed by atoms with Gasteiger partial charge in [0.25, 0.3) is 10.0 Å². The quantitative estimate of drug-likeness (QED) is 0.554. The molecular weight excluding hydrogens is 516 g/mol. The number of hydrogen-bond donors (Lipinski definition) is 1. The first-order valence-corrected chi connectivity index (χ1v) is 16.1. The molecular formula is C29H40N4O5S. The number of rotatable bonds is 5. The highest BCUT2D eigenvalue weighted by atomic mass is 32.2. The highest BCUT2D eigenvalue weighted by Gasteiger charge is 2.60. The summed E-state index contributed by atoms with van der Waals surface area (Å²) in [5, 5.41) is 10.6. The van der Waals surface area contributed by atoms with Crippen LogP contribution in [0.4, 0.5) is 0 Å². The van der Waals surface area contributed by atoms with E-state index in [2.05, 4.69) is 14.2 Å². The van der Waals surface area contributed by atoms with Crippen molar-refractivity contribution >= 4 is 27.7 Å². The number of amides is 2. The lowest BCUT2D eigenvalue weighted by atomic mass is 9.78. The van der Waals surface area contributed by atoms with Crippen molar-refractivity contribution in [3.8, 4) is 0 Å². The molecule has 3 aliphatic heterocycles. The molecule has 4 fully saturated rings. The van der Waals surface area contributed by atoms with Gasteiger partial charge >= 0.3 is 0 Å². The lowest BCUT2D eigenvalue weighted by molar-refractivity contribution is -0.143. The van der Waals surface area contributed by atoms with E-state index in [-0.39, 0.29) is 40.4 Å². The first-order valence-electron chi connectivity index (χ1n) is 14.7. The van der Waals surface area contributed by atoms with Crippen LogP contribution in [0.1, 0.15) is 51.5 Å². The van der Waals surface area contributed by atoms with E-state index in [9.17, 15) is 23.1 Å². The van der Waals surface area contributed by atoms with Gasteiger partial charge in [0.05, 0.1) is 17.9 Å². The largest absolute Gasteiger partial charge is 0.393 e. The molecule has 5 aliphatic rings. The molecule has 0 spiro atoms. The zero-order valence-electron chi connectivity index (χ0n) is 22.9. The molecule has 3 heterocycles. The van der Waals surface area contributed by atoms with Crippen LogP contribution in [-0.2, 0) is 19.6 Å². The number of imide groups is 1. The van der Waals surface area contributed by atoms with Crippen LogP contribution in [0.15, 0.2) is 33.6 Å². The number of fused-ring (bicyclic) bond motifs is 2. The van der Waals surface area contributed by atoms with Gasteiger partial charge in [-0.1, -0.05) is 45.2 Å². The number of carbonyl (C=O) groups is 2. The van der Waals surface area contributed by atoms with Gasteiger partial charge < -0.3 is 10.0 Å². The summed E-state index contributed by atoms with van der Waals surface area (Å²) in [7, 11) is -3.63. The number of aliphatic hydroxyl groups is 1. The van der Waals surface area contributed by atoms with Gasteiger partial charge in [-0.05, 0) is 48.6 Å². The highest BCUT2D eigenvalue weighted by molar-refractivity contribution is 7.90. The summed E-state index contributed by atoms with van der Waals surface area (Å²) >= 11 is 0. The van der Waals surface area contributed by atoms with Crippen molar-refractivity contribution < 1.29 is 23.1 Å². The van der Waals surface area contributed by atoms with Gasteiger partial charge in [0, 0.05) is 44.8 Å². The molecule has 2 saturated heterocycles. The molecule has 212 valence electrons. The minimum absolute atomic E-state index is 0.0641. The average molecular weight is 557 g/mol. The van der Waals surface area contributed by atoms with Crippen molar-refractivity contribution in [1.29, 1.82) is 0 Å². The second kappa shape index (κ2) is 10.3. The minimum Gasteiger partial charge on any atom is -0.393 e. The Morgan fingerprint density at radius 3 is 2.28 bits per heavy atom. The molecule has 1 aromatic rings.